The minimum Gasteiger partial charge on any atom is -0.767 e. The number of nitrogens with zero attached hydrogens (tertiary/aromatic N) is 4. The Kier molecular flexibility index (Phi) is 10.8. The van der Waals surface area contributed by atoms with E-state index in [1.165, 1.54) is 24.8 Å². The zero-order valence-electron chi connectivity index (χ0n) is 17.9. The third kappa shape index (κ3) is 10.7. The fourth-order valence-electron chi connectivity index (χ4n) is 2.37. The van der Waals surface area contributed by atoms with Crippen molar-refractivity contribution in [3.05, 3.63) is 97.6 Å². The van der Waals surface area contributed by atoms with E-state index in [4.69, 9.17) is 0 Å². The molecule has 0 saturated carbocycles. The van der Waals surface area contributed by atoms with Crippen molar-refractivity contribution in [3.63, 3.8) is 0 Å². The number of anilines is 4. The molecule has 0 aromatic carbocycles. The van der Waals surface area contributed by atoms with Crippen molar-refractivity contribution in [1.82, 2.24) is 19.9 Å². The largest absolute Gasteiger partial charge is 2.00 e. The minimum atomic E-state index is -4.01. The molecule has 0 saturated heterocycles. The summed E-state index contributed by atoms with van der Waals surface area (Å²) >= 11 is 0. The van der Waals surface area contributed by atoms with Crippen LogP contribution in [-0.4, -0.2) is 19.9 Å². The van der Waals surface area contributed by atoms with Gasteiger partial charge in [-0.2, -0.15) is 0 Å². The van der Waals surface area contributed by atoms with Crippen LogP contribution >= 0.6 is 15.3 Å². The van der Waals surface area contributed by atoms with Gasteiger partial charge in [0.05, 0.1) is 0 Å². The van der Waals surface area contributed by atoms with Crippen LogP contribution in [0.5, 0.6) is 0 Å². The van der Waals surface area contributed by atoms with Crippen LogP contribution in [0.1, 0.15) is 0 Å². The molecule has 4 aromatic rings. The van der Waals surface area contributed by atoms with Gasteiger partial charge in [-0.25, -0.2) is 19.9 Å². The van der Waals surface area contributed by atoms with Crippen LogP contribution < -0.4 is 30.1 Å². The van der Waals surface area contributed by atoms with Crippen LogP contribution in [0.4, 0.5) is 23.3 Å². The molecule has 0 unspecified atom stereocenters. The smallest absolute Gasteiger partial charge is 0.767 e. The van der Waals surface area contributed by atoms with E-state index in [1.807, 2.05) is 0 Å². The van der Waals surface area contributed by atoms with Crippen molar-refractivity contribution in [3.8, 4) is 0 Å². The van der Waals surface area contributed by atoms with Crippen molar-refractivity contribution >= 4 is 38.6 Å². The van der Waals surface area contributed by atoms with Gasteiger partial charge in [0.2, 0.25) is 0 Å². The average Bonchev–Trinajstić information content (AvgIpc) is 2.81. The molecule has 0 spiro atoms. The minimum absolute atomic E-state index is 0. The second-order valence-electron chi connectivity index (χ2n) is 6.41. The van der Waals surface area contributed by atoms with Crippen LogP contribution in [0, 0.1) is 0 Å². The maximum atomic E-state index is 11.7. The maximum absolute atomic E-state index is 11.7. The van der Waals surface area contributed by atoms with E-state index in [2.05, 4.69) is 40.3 Å². The SMILES string of the molecule is O=P([O-])(Nc1ccccn1)Nc1ccccn1.O=P([O-])(Nc1ccccn1)Nc1ccccn1.[Cu+2]. The van der Waals surface area contributed by atoms with Gasteiger partial charge < -0.3 is 30.1 Å². The van der Waals surface area contributed by atoms with Gasteiger partial charge in [0.15, 0.2) is 15.3 Å². The molecule has 0 bridgehead atoms. The van der Waals surface area contributed by atoms with Crippen LogP contribution in [-0.2, 0) is 26.2 Å². The summed E-state index contributed by atoms with van der Waals surface area (Å²) in [5, 5.41) is 9.22. The van der Waals surface area contributed by atoms with E-state index in [9.17, 15) is 18.9 Å². The molecule has 0 aliphatic carbocycles. The molecule has 4 heterocycles. The molecule has 1 radical (unpaired) electrons. The first-order valence-corrected chi connectivity index (χ1v) is 13.0. The molecule has 0 aliphatic rings. The predicted molar refractivity (Wildman–Crippen MR) is 127 cm³/mol. The molecule has 12 nitrogen and oxygen atoms in total. The molecule has 4 N–H and O–H groups in total. The Morgan fingerprint density at radius 2 is 0.714 bits per heavy atom. The number of hydrogen-bond donors (Lipinski definition) is 4. The first kappa shape index (κ1) is 27.9. The second kappa shape index (κ2) is 13.6. The summed E-state index contributed by atoms with van der Waals surface area (Å²) in [6.45, 7) is 0. The van der Waals surface area contributed by atoms with Crippen molar-refractivity contribution in [2.45, 2.75) is 0 Å². The first-order valence-electron chi connectivity index (χ1n) is 9.71. The summed E-state index contributed by atoms with van der Waals surface area (Å²) in [4.78, 5) is 38.8. The van der Waals surface area contributed by atoms with E-state index in [-0.39, 0.29) is 40.3 Å². The quantitative estimate of drug-likeness (QED) is 0.183. The summed E-state index contributed by atoms with van der Waals surface area (Å²) in [5.41, 5.74) is 0. The summed E-state index contributed by atoms with van der Waals surface area (Å²) in [7, 11) is -8.02. The van der Waals surface area contributed by atoms with Crippen molar-refractivity contribution in [1.29, 1.82) is 0 Å². The Labute approximate surface area is 212 Å². The Balaban J connectivity index is 0.000000240. The fourth-order valence-corrected chi connectivity index (χ4v) is 4.22. The number of rotatable bonds is 8. The zero-order valence-corrected chi connectivity index (χ0v) is 20.6. The van der Waals surface area contributed by atoms with Crippen LogP contribution in [0.3, 0.4) is 0 Å². The number of hydrogen-bond acceptors (Lipinski definition) is 8. The van der Waals surface area contributed by atoms with E-state index in [0.717, 1.165) is 0 Å². The monoisotopic (exact) mass is 561 g/mol. The van der Waals surface area contributed by atoms with Crippen molar-refractivity contribution in [2.24, 2.45) is 0 Å². The topological polar surface area (TPSA) is 180 Å². The van der Waals surface area contributed by atoms with Crippen LogP contribution in [0.2, 0.25) is 0 Å². The van der Waals surface area contributed by atoms with Crippen LogP contribution in [0.25, 0.3) is 0 Å². The Bertz CT molecular complexity index is 1060. The van der Waals surface area contributed by atoms with Gasteiger partial charge in [-0.3, -0.25) is 9.13 Å². The Morgan fingerprint density at radius 1 is 0.486 bits per heavy atom. The summed E-state index contributed by atoms with van der Waals surface area (Å²) in [6.07, 6.45) is 6.01. The summed E-state index contributed by atoms with van der Waals surface area (Å²) in [6, 6.07) is 19.8. The maximum Gasteiger partial charge on any atom is 2.00 e. The molecule has 0 fully saturated rings. The Hall–Kier alpha value is -3.30. The number of aromatic nitrogens is 4. The van der Waals surface area contributed by atoms with Gasteiger partial charge in [-0.15, -0.1) is 0 Å². The van der Waals surface area contributed by atoms with Gasteiger partial charge >= 0.3 is 17.1 Å². The van der Waals surface area contributed by atoms with E-state index >= 15 is 0 Å². The third-order valence-corrected chi connectivity index (χ3v) is 5.80. The van der Waals surface area contributed by atoms with Crippen molar-refractivity contribution < 1.29 is 36.0 Å². The second-order valence-corrected chi connectivity index (χ2v) is 9.51. The third-order valence-electron chi connectivity index (χ3n) is 3.71. The summed E-state index contributed by atoms with van der Waals surface area (Å²) < 4.78 is 23.4. The zero-order chi connectivity index (χ0) is 24.3. The molecule has 4 rings (SSSR count). The molecule has 15 heteroatoms. The van der Waals surface area contributed by atoms with Gasteiger partial charge in [0, 0.05) is 24.8 Å². The van der Waals surface area contributed by atoms with E-state index in [1.54, 1.807) is 72.8 Å². The molecule has 185 valence electrons. The normalized spacial score (nSPS) is 10.6. The molecular formula is C20H20CuN8O4P2. The van der Waals surface area contributed by atoms with Crippen molar-refractivity contribution in [2.75, 3.05) is 20.3 Å². The fraction of sp³-hybridized carbons (Fsp3) is 0. The van der Waals surface area contributed by atoms with Gasteiger partial charge in [-0.1, -0.05) is 24.3 Å². The van der Waals surface area contributed by atoms with E-state index < -0.39 is 15.3 Å². The standard InChI is InChI=1S/2C10H11N4O2P.Cu/c2*15-17(16,13-9-5-1-3-7-11-9)14-10-6-2-4-8-12-10;/h2*1-8H,(H3,11,12,13,14,15,16);/q;;+2/p-2. The predicted octanol–water partition coefficient (Wildman–Crippen LogP) is 2.94. The number of nitrogens with one attached hydrogen (secondary N) is 4. The molecule has 35 heavy (non-hydrogen) atoms. The van der Waals surface area contributed by atoms with E-state index in [0.29, 0.717) is 0 Å². The number of pyridine rings is 4. The summed E-state index contributed by atoms with van der Waals surface area (Å²) in [5.74, 6) is 1.03. The Morgan fingerprint density at radius 3 is 0.886 bits per heavy atom. The van der Waals surface area contributed by atoms with Gasteiger partial charge in [-0.05, 0) is 48.5 Å². The average molecular weight is 562 g/mol. The molecular weight excluding hydrogens is 542 g/mol. The first-order chi connectivity index (χ1) is 16.3. The molecule has 4 aromatic heterocycles. The van der Waals surface area contributed by atoms with Gasteiger partial charge in [0.25, 0.3) is 0 Å². The molecule has 0 aliphatic heterocycles. The van der Waals surface area contributed by atoms with Gasteiger partial charge in [0.1, 0.15) is 23.3 Å². The van der Waals surface area contributed by atoms with Crippen LogP contribution in [0.15, 0.2) is 97.6 Å². The molecule has 0 atom stereocenters. The molecule has 0 amide bonds.